The van der Waals surface area contributed by atoms with Gasteiger partial charge in [0.1, 0.15) is 11.5 Å². The molecule has 9 heteroatoms. The maximum atomic E-state index is 13.1. The molecule has 0 aromatic heterocycles. The molecule has 1 aliphatic rings. The van der Waals surface area contributed by atoms with Crippen molar-refractivity contribution in [1.29, 1.82) is 0 Å². The van der Waals surface area contributed by atoms with Crippen LogP contribution < -0.4 is 4.74 Å². The minimum atomic E-state index is -0.936. The maximum absolute atomic E-state index is 13.1. The number of likely N-dealkylation sites (tertiary alicyclic amines) is 1. The number of ketones is 1. The predicted octanol–water partition coefficient (Wildman–Crippen LogP) is 4.00. The summed E-state index contributed by atoms with van der Waals surface area (Å²) in [6.07, 6.45) is 0.591. The van der Waals surface area contributed by atoms with Crippen LogP contribution in [0.5, 0.6) is 5.75 Å². The summed E-state index contributed by atoms with van der Waals surface area (Å²) in [7, 11) is 3.81. The fraction of sp³-hybridized carbons (Fsp3) is 0.385. The Bertz CT molecular complexity index is 1120. The second-order valence-electron chi connectivity index (χ2n) is 9.23. The minimum Gasteiger partial charge on any atom is -0.507 e. The van der Waals surface area contributed by atoms with E-state index in [1.807, 2.05) is 32.8 Å². The van der Waals surface area contributed by atoms with E-state index < -0.39 is 22.7 Å². The first-order valence-corrected chi connectivity index (χ1v) is 11.5. The van der Waals surface area contributed by atoms with Gasteiger partial charge in [-0.05, 0) is 62.8 Å². The average Bonchev–Trinajstić information content (AvgIpc) is 3.07. The number of Topliss-reactive ketones (excluding diaryl/α,β-unsaturated/α-hetero) is 1. The van der Waals surface area contributed by atoms with Crippen molar-refractivity contribution in [3.05, 3.63) is 75.3 Å². The first-order chi connectivity index (χ1) is 16.6. The third kappa shape index (κ3) is 6.05. The molecule has 1 fully saturated rings. The molecular formula is C26H31N3O6. The lowest BCUT2D eigenvalue weighted by Gasteiger charge is -2.25. The van der Waals surface area contributed by atoms with E-state index in [1.54, 1.807) is 30.3 Å². The highest BCUT2D eigenvalue weighted by atomic mass is 16.6. The van der Waals surface area contributed by atoms with Crippen LogP contribution in [0.25, 0.3) is 5.76 Å². The highest BCUT2D eigenvalue weighted by Gasteiger charge is 2.46. The smallest absolute Gasteiger partial charge is 0.295 e. The number of aliphatic hydroxyl groups is 1. The molecule has 35 heavy (non-hydrogen) atoms. The van der Waals surface area contributed by atoms with Gasteiger partial charge in [0, 0.05) is 24.2 Å². The number of nitro benzene ring substituents is 1. The molecule has 0 saturated carbocycles. The number of aliphatic hydroxyl groups excluding tert-OH is 1. The molecule has 1 aliphatic heterocycles. The van der Waals surface area contributed by atoms with Crippen LogP contribution in [0.3, 0.4) is 0 Å². The van der Waals surface area contributed by atoms with Crippen molar-refractivity contribution in [2.45, 2.75) is 26.3 Å². The molecular weight excluding hydrogens is 450 g/mol. The molecule has 1 saturated heterocycles. The Labute approximate surface area is 204 Å². The van der Waals surface area contributed by atoms with Gasteiger partial charge in [0.05, 0.1) is 23.1 Å². The summed E-state index contributed by atoms with van der Waals surface area (Å²) in [5.41, 5.74) is 0.495. The quantitative estimate of drug-likeness (QED) is 0.179. The van der Waals surface area contributed by atoms with Gasteiger partial charge in [-0.25, -0.2) is 0 Å². The largest absolute Gasteiger partial charge is 0.507 e. The van der Waals surface area contributed by atoms with Crippen molar-refractivity contribution in [2.75, 3.05) is 33.8 Å². The van der Waals surface area contributed by atoms with Crippen molar-refractivity contribution >= 4 is 23.1 Å². The summed E-state index contributed by atoms with van der Waals surface area (Å²) < 4.78 is 5.68. The lowest BCUT2D eigenvalue weighted by atomic mass is 9.95. The number of non-ortho nitro benzene ring substituents is 1. The monoisotopic (exact) mass is 481 g/mol. The van der Waals surface area contributed by atoms with E-state index in [2.05, 4.69) is 0 Å². The third-order valence-corrected chi connectivity index (χ3v) is 5.65. The van der Waals surface area contributed by atoms with Gasteiger partial charge in [-0.15, -0.1) is 0 Å². The first-order valence-electron chi connectivity index (χ1n) is 11.5. The van der Waals surface area contributed by atoms with Gasteiger partial charge >= 0.3 is 0 Å². The summed E-state index contributed by atoms with van der Waals surface area (Å²) in [5.74, 6) is -0.913. The second kappa shape index (κ2) is 11.1. The molecule has 1 amide bonds. The Kier molecular flexibility index (Phi) is 8.24. The van der Waals surface area contributed by atoms with E-state index in [0.717, 1.165) is 0 Å². The minimum absolute atomic E-state index is 0.0869. The molecule has 0 unspecified atom stereocenters. The standard InChI is InChI=1S/C26H31N3O6/c1-17(2)16-35-21-11-9-18(10-12-21)24(30)22-23(19-7-5-8-20(15-19)29(33)34)28(26(32)25(22)31)14-6-13-27(3)4/h5,7-12,15,17,23,30H,6,13-14,16H2,1-4H3/b24-22+/t23-/m1/s1. The topological polar surface area (TPSA) is 113 Å². The molecule has 2 aromatic carbocycles. The fourth-order valence-electron chi connectivity index (χ4n) is 3.95. The maximum Gasteiger partial charge on any atom is 0.295 e. The van der Waals surface area contributed by atoms with E-state index >= 15 is 0 Å². The summed E-state index contributed by atoms with van der Waals surface area (Å²) in [6, 6.07) is 11.5. The van der Waals surface area contributed by atoms with Crippen molar-refractivity contribution in [3.8, 4) is 5.75 Å². The molecule has 0 bridgehead atoms. The molecule has 1 atom stereocenters. The van der Waals surface area contributed by atoms with E-state index in [0.29, 0.717) is 42.4 Å². The summed E-state index contributed by atoms with van der Waals surface area (Å²) in [5, 5.41) is 22.5. The van der Waals surface area contributed by atoms with Gasteiger partial charge < -0.3 is 19.6 Å². The van der Waals surface area contributed by atoms with E-state index in [1.165, 1.54) is 23.1 Å². The molecule has 1 heterocycles. The number of carbonyl (C=O) groups is 2. The number of ether oxygens (including phenoxy) is 1. The van der Waals surface area contributed by atoms with Gasteiger partial charge in [0.15, 0.2) is 0 Å². The Morgan fingerprint density at radius 2 is 1.86 bits per heavy atom. The molecule has 1 N–H and O–H groups in total. The zero-order chi connectivity index (χ0) is 25.7. The van der Waals surface area contributed by atoms with Crippen LogP contribution in [-0.2, 0) is 9.59 Å². The highest BCUT2D eigenvalue weighted by Crippen LogP contribution is 2.40. The normalized spacial score (nSPS) is 17.4. The molecule has 186 valence electrons. The van der Waals surface area contributed by atoms with Gasteiger partial charge in [0.2, 0.25) is 0 Å². The van der Waals surface area contributed by atoms with Crippen molar-refractivity contribution in [3.63, 3.8) is 0 Å². The Morgan fingerprint density at radius 1 is 1.17 bits per heavy atom. The van der Waals surface area contributed by atoms with Crippen LogP contribution in [-0.4, -0.2) is 65.3 Å². The number of carbonyl (C=O) groups excluding carboxylic acids is 2. The van der Waals surface area contributed by atoms with E-state index in [9.17, 15) is 24.8 Å². The van der Waals surface area contributed by atoms with Crippen molar-refractivity contribution < 1.29 is 24.4 Å². The average molecular weight is 482 g/mol. The predicted molar refractivity (Wildman–Crippen MR) is 132 cm³/mol. The zero-order valence-corrected chi connectivity index (χ0v) is 20.4. The van der Waals surface area contributed by atoms with Gasteiger partial charge in [-0.1, -0.05) is 26.0 Å². The van der Waals surface area contributed by atoms with Crippen LogP contribution in [0, 0.1) is 16.0 Å². The SMILES string of the molecule is CC(C)COc1ccc(/C(O)=C2\C(=O)C(=O)N(CCCN(C)C)[C@@H]2c2cccc([N+](=O)[O-])c2)cc1. The summed E-state index contributed by atoms with van der Waals surface area (Å²) in [4.78, 5) is 40.3. The first kappa shape index (κ1) is 25.9. The Morgan fingerprint density at radius 3 is 2.46 bits per heavy atom. The number of rotatable bonds is 10. The van der Waals surface area contributed by atoms with Crippen molar-refractivity contribution in [2.24, 2.45) is 5.92 Å². The zero-order valence-electron chi connectivity index (χ0n) is 20.4. The molecule has 0 aliphatic carbocycles. The van der Waals surface area contributed by atoms with Gasteiger partial charge in [-0.2, -0.15) is 0 Å². The molecule has 0 radical (unpaired) electrons. The lowest BCUT2D eigenvalue weighted by Crippen LogP contribution is -2.32. The number of hydrogen-bond acceptors (Lipinski definition) is 7. The van der Waals surface area contributed by atoms with E-state index in [4.69, 9.17) is 4.74 Å². The lowest BCUT2D eigenvalue weighted by molar-refractivity contribution is -0.384. The number of hydrogen-bond donors (Lipinski definition) is 1. The molecule has 2 aromatic rings. The molecule has 9 nitrogen and oxygen atoms in total. The highest BCUT2D eigenvalue weighted by molar-refractivity contribution is 6.46. The van der Waals surface area contributed by atoms with Crippen LogP contribution >= 0.6 is 0 Å². The van der Waals surface area contributed by atoms with Crippen LogP contribution in [0.1, 0.15) is 37.4 Å². The van der Waals surface area contributed by atoms with Crippen LogP contribution in [0.4, 0.5) is 5.69 Å². The Balaban J connectivity index is 2.04. The summed E-state index contributed by atoms with van der Waals surface area (Å²) in [6.45, 7) is 5.55. The second-order valence-corrected chi connectivity index (χ2v) is 9.23. The Hall–Kier alpha value is -3.72. The summed E-state index contributed by atoms with van der Waals surface area (Å²) >= 11 is 0. The van der Waals surface area contributed by atoms with Crippen LogP contribution in [0.15, 0.2) is 54.1 Å². The third-order valence-electron chi connectivity index (χ3n) is 5.65. The van der Waals surface area contributed by atoms with E-state index in [-0.39, 0.29) is 23.6 Å². The van der Waals surface area contributed by atoms with Crippen LogP contribution in [0.2, 0.25) is 0 Å². The van der Waals surface area contributed by atoms with Crippen molar-refractivity contribution in [1.82, 2.24) is 9.80 Å². The number of nitro groups is 1. The fourth-order valence-corrected chi connectivity index (χ4v) is 3.95. The molecule has 0 spiro atoms. The number of nitrogens with zero attached hydrogens (tertiary/aromatic N) is 3. The van der Waals surface area contributed by atoms with Gasteiger partial charge in [-0.3, -0.25) is 19.7 Å². The number of amides is 1. The van der Waals surface area contributed by atoms with Gasteiger partial charge in [0.25, 0.3) is 17.4 Å². The number of benzene rings is 2. The molecule has 3 rings (SSSR count).